The summed E-state index contributed by atoms with van der Waals surface area (Å²) in [4.78, 5) is 19.1. The minimum Gasteiger partial charge on any atom is -0.493 e. The predicted molar refractivity (Wildman–Crippen MR) is 98.0 cm³/mol. The predicted octanol–water partition coefficient (Wildman–Crippen LogP) is 3.71. The fourth-order valence-electron chi connectivity index (χ4n) is 3.51. The summed E-state index contributed by atoms with van der Waals surface area (Å²) in [6, 6.07) is 10.8. The summed E-state index contributed by atoms with van der Waals surface area (Å²) in [7, 11) is 1.58. The number of aromatic nitrogens is 2. The van der Waals surface area contributed by atoms with Crippen molar-refractivity contribution in [2.75, 3.05) is 20.2 Å². The summed E-state index contributed by atoms with van der Waals surface area (Å²) in [5.41, 5.74) is 0.574. The van der Waals surface area contributed by atoms with E-state index in [4.69, 9.17) is 18.1 Å². The first-order chi connectivity index (χ1) is 13.7. The van der Waals surface area contributed by atoms with Gasteiger partial charge in [-0.1, -0.05) is 17.3 Å². The van der Waals surface area contributed by atoms with Crippen molar-refractivity contribution in [2.45, 2.75) is 12.3 Å². The van der Waals surface area contributed by atoms with Gasteiger partial charge in [0.15, 0.2) is 28.7 Å². The minimum atomic E-state index is -0.157. The highest BCUT2D eigenvalue weighted by Gasteiger charge is 2.32. The number of carbonyl (C=O) groups excluding carboxylic acids is 1. The Hall–Kier alpha value is -3.55. The van der Waals surface area contributed by atoms with E-state index in [2.05, 4.69) is 10.1 Å². The summed E-state index contributed by atoms with van der Waals surface area (Å²) in [5, 5.41) is 4.89. The normalized spacial score (nSPS) is 16.8. The maximum absolute atomic E-state index is 12.9. The summed E-state index contributed by atoms with van der Waals surface area (Å²) >= 11 is 0. The van der Waals surface area contributed by atoms with Gasteiger partial charge in [0.25, 0.3) is 11.8 Å². The molecule has 5 rings (SSSR count). The quantitative estimate of drug-likeness (QED) is 0.533. The minimum absolute atomic E-state index is 0.00956. The zero-order valence-electron chi connectivity index (χ0n) is 15.1. The molecule has 4 aromatic rings. The average Bonchev–Trinajstić information content (AvgIpc) is 3.50. The van der Waals surface area contributed by atoms with E-state index >= 15 is 0 Å². The molecular weight excluding hydrogens is 362 g/mol. The third-order valence-electron chi connectivity index (χ3n) is 4.95. The fourth-order valence-corrected chi connectivity index (χ4v) is 3.51. The van der Waals surface area contributed by atoms with Crippen LogP contribution < -0.4 is 4.74 Å². The van der Waals surface area contributed by atoms with Gasteiger partial charge in [-0.3, -0.25) is 4.79 Å². The molecule has 8 nitrogen and oxygen atoms in total. The molecule has 0 saturated carbocycles. The van der Waals surface area contributed by atoms with Gasteiger partial charge in [0.2, 0.25) is 0 Å². The van der Waals surface area contributed by atoms with Gasteiger partial charge in [-0.15, -0.1) is 0 Å². The number of likely N-dealkylation sites (tertiary alicyclic amines) is 1. The molecule has 1 fully saturated rings. The molecule has 0 spiro atoms. The first-order valence-corrected chi connectivity index (χ1v) is 8.96. The SMILES string of the molecule is COc1cccc2cc(C(=O)N3CCC(c4noc(-c5ccco5)n4)C3)oc12. The Kier molecular flexibility index (Phi) is 3.89. The van der Waals surface area contributed by atoms with E-state index in [-0.39, 0.29) is 11.8 Å². The maximum atomic E-state index is 12.9. The highest BCUT2D eigenvalue weighted by atomic mass is 16.5. The van der Waals surface area contributed by atoms with Gasteiger partial charge in [0, 0.05) is 24.4 Å². The summed E-state index contributed by atoms with van der Waals surface area (Å²) in [6.45, 7) is 1.10. The van der Waals surface area contributed by atoms with E-state index in [0.717, 1.165) is 11.8 Å². The lowest BCUT2D eigenvalue weighted by atomic mass is 10.1. The Bertz CT molecular complexity index is 1130. The molecule has 0 radical (unpaired) electrons. The van der Waals surface area contributed by atoms with Crippen molar-refractivity contribution < 1.29 is 22.9 Å². The van der Waals surface area contributed by atoms with Crippen LogP contribution in [0.4, 0.5) is 0 Å². The van der Waals surface area contributed by atoms with Crippen molar-refractivity contribution in [1.82, 2.24) is 15.0 Å². The van der Waals surface area contributed by atoms with Crippen LogP contribution >= 0.6 is 0 Å². The lowest BCUT2D eigenvalue weighted by Crippen LogP contribution is -2.28. The number of benzene rings is 1. The van der Waals surface area contributed by atoms with E-state index in [0.29, 0.717) is 47.7 Å². The van der Waals surface area contributed by atoms with Crippen LogP contribution in [0.25, 0.3) is 22.6 Å². The monoisotopic (exact) mass is 379 g/mol. The number of carbonyl (C=O) groups is 1. The number of furan rings is 2. The van der Waals surface area contributed by atoms with Crippen LogP contribution in [0.2, 0.25) is 0 Å². The number of para-hydroxylation sites is 1. The van der Waals surface area contributed by atoms with Crippen LogP contribution in [0, 0.1) is 0 Å². The van der Waals surface area contributed by atoms with Gasteiger partial charge in [0.1, 0.15) is 0 Å². The zero-order chi connectivity index (χ0) is 19.1. The zero-order valence-corrected chi connectivity index (χ0v) is 15.1. The van der Waals surface area contributed by atoms with Gasteiger partial charge in [0.05, 0.1) is 13.4 Å². The smallest absolute Gasteiger partial charge is 0.293 e. The van der Waals surface area contributed by atoms with Gasteiger partial charge in [-0.05, 0) is 30.7 Å². The van der Waals surface area contributed by atoms with E-state index < -0.39 is 0 Å². The molecule has 1 atom stereocenters. The second-order valence-electron chi connectivity index (χ2n) is 6.66. The van der Waals surface area contributed by atoms with Crippen molar-refractivity contribution in [3.8, 4) is 17.4 Å². The largest absolute Gasteiger partial charge is 0.493 e. The third kappa shape index (κ3) is 2.74. The molecule has 142 valence electrons. The Morgan fingerprint density at radius 2 is 2.21 bits per heavy atom. The summed E-state index contributed by atoms with van der Waals surface area (Å²) < 4.78 is 21.6. The topological polar surface area (TPSA) is 94.7 Å². The second-order valence-corrected chi connectivity index (χ2v) is 6.66. The molecule has 1 aliphatic rings. The first-order valence-electron chi connectivity index (χ1n) is 8.96. The van der Waals surface area contributed by atoms with Crippen molar-refractivity contribution in [1.29, 1.82) is 0 Å². The molecule has 1 aliphatic heterocycles. The summed E-state index contributed by atoms with van der Waals surface area (Å²) in [5.74, 6) is 2.20. The fraction of sp³-hybridized carbons (Fsp3) is 0.250. The molecule has 28 heavy (non-hydrogen) atoms. The number of rotatable bonds is 4. The van der Waals surface area contributed by atoms with Crippen LogP contribution in [0.15, 0.2) is 56.0 Å². The highest BCUT2D eigenvalue weighted by molar-refractivity contribution is 5.97. The van der Waals surface area contributed by atoms with Crippen LogP contribution in [-0.4, -0.2) is 41.1 Å². The van der Waals surface area contributed by atoms with Crippen LogP contribution in [0.3, 0.4) is 0 Å². The van der Waals surface area contributed by atoms with E-state index in [1.165, 1.54) is 0 Å². The molecule has 0 N–H and O–H groups in total. The molecule has 1 saturated heterocycles. The number of hydrogen-bond donors (Lipinski definition) is 0. The number of nitrogens with zero attached hydrogens (tertiary/aromatic N) is 3. The lowest BCUT2D eigenvalue weighted by molar-refractivity contribution is 0.0761. The molecule has 1 amide bonds. The van der Waals surface area contributed by atoms with Gasteiger partial charge >= 0.3 is 0 Å². The van der Waals surface area contributed by atoms with Gasteiger partial charge < -0.3 is 23.0 Å². The van der Waals surface area contributed by atoms with Crippen molar-refractivity contribution in [3.63, 3.8) is 0 Å². The van der Waals surface area contributed by atoms with Crippen molar-refractivity contribution in [2.24, 2.45) is 0 Å². The molecule has 3 aromatic heterocycles. The number of fused-ring (bicyclic) bond motifs is 1. The van der Waals surface area contributed by atoms with Crippen LogP contribution in [0.5, 0.6) is 5.75 Å². The number of hydrogen-bond acceptors (Lipinski definition) is 7. The third-order valence-corrected chi connectivity index (χ3v) is 4.95. The molecule has 8 heteroatoms. The number of methoxy groups -OCH3 is 1. The Morgan fingerprint density at radius 1 is 1.29 bits per heavy atom. The maximum Gasteiger partial charge on any atom is 0.293 e. The van der Waals surface area contributed by atoms with E-state index in [1.54, 1.807) is 42.5 Å². The summed E-state index contributed by atoms with van der Waals surface area (Å²) in [6.07, 6.45) is 2.31. The number of amides is 1. The molecule has 1 aromatic carbocycles. The highest BCUT2D eigenvalue weighted by Crippen LogP contribution is 2.32. The molecular formula is C20H17N3O5. The Morgan fingerprint density at radius 3 is 3.04 bits per heavy atom. The van der Waals surface area contributed by atoms with E-state index in [9.17, 15) is 4.79 Å². The molecule has 4 heterocycles. The molecule has 0 aliphatic carbocycles. The first kappa shape index (κ1) is 16.6. The average molecular weight is 379 g/mol. The standard InChI is InChI=1S/C20H17N3O5/c1-25-14-5-2-4-12-10-16(27-17(12)14)20(24)23-8-7-13(11-23)18-21-19(28-22-18)15-6-3-9-26-15/h2-6,9-10,13H,7-8,11H2,1H3. The van der Waals surface area contributed by atoms with Crippen LogP contribution in [0.1, 0.15) is 28.7 Å². The Labute approximate surface area is 159 Å². The number of ether oxygens (including phenoxy) is 1. The van der Waals surface area contributed by atoms with Crippen molar-refractivity contribution >= 4 is 16.9 Å². The molecule has 0 bridgehead atoms. The second kappa shape index (κ2) is 6.56. The molecule has 1 unspecified atom stereocenters. The van der Waals surface area contributed by atoms with E-state index in [1.807, 2.05) is 12.1 Å². The lowest BCUT2D eigenvalue weighted by Gasteiger charge is -2.13. The van der Waals surface area contributed by atoms with Crippen molar-refractivity contribution in [3.05, 3.63) is 54.2 Å². The Balaban J connectivity index is 1.34. The van der Waals surface area contributed by atoms with Gasteiger partial charge in [-0.2, -0.15) is 4.98 Å². The van der Waals surface area contributed by atoms with Gasteiger partial charge in [-0.25, -0.2) is 0 Å². The van der Waals surface area contributed by atoms with Crippen LogP contribution in [-0.2, 0) is 0 Å².